The first-order chi connectivity index (χ1) is 5.79. The third kappa shape index (κ3) is 0.852. The normalized spacial score (nSPS) is 10.3. The molecule has 4 heteroatoms. The van der Waals surface area contributed by atoms with E-state index < -0.39 is 6.03 Å². The Morgan fingerprint density at radius 2 is 2.33 bits per heavy atom. The van der Waals surface area contributed by atoms with Gasteiger partial charge < -0.3 is 5.73 Å². The van der Waals surface area contributed by atoms with Gasteiger partial charge in [-0.2, -0.15) is 0 Å². The Balaban J connectivity index is 2.71. The molecule has 0 unspecified atom stereocenters. The highest BCUT2D eigenvalue weighted by molar-refractivity contribution is 5.81. The number of carbonyl (C=O) groups is 1. The van der Waals surface area contributed by atoms with Crippen LogP contribution >= 0.6 is 0 Å². The second kappa shape index (κ2) is 2.34. The summed E-state index contributed by atoms with van der Waals surface area (Å²) in [6, 6.07) is 3.14. The van der Waals surface area contributed by atoms with Crippen LogP contribution in [0, 0.1) is 0 Å². The first kappa shape index (κ1) is 6.84. The van der Waals surface area contributed by atoms with Crippen LogP contribution in [-0.4, -0.2) is 15.6 Å². The van der Waals surface area contributed by atoms with Crippen molar-refractivity contribution in [2.45, 2.75) is 0 Å². The van der Waals surface area contributed by atoms with Crippen LogP contribution in [0.3, 0.4) is 0 Å². The average Bonchev–Trinajstić information content (AvgIpc) is 2.49. The lowest BCUT2D eigenvalue weighted by molar-refractivity contribution is 0.250. The molecule has 2 aliphatic rings. The molecule has 2 aliphatic heterocycles. The van der Waals surface area contributed by atoms with E-state index in [1.807, 2.05) is 6.07 Å². The molecule has 0 spiro atoms. The molecule has 0 aromatic carbocycles. The number of hydrogen-bond acceptors (Lipinski definition) is 2. The SMILES string of the molecule is NC(=O)n1cccc2cncc1-2. The number of nitrogens with two attached hydrogens (primary N) is 1. The molecule has 0 fully saturated rings. The van der Waals surface area contributed by atoms with Crippen molar-refractivity contribution in [3.8, 4) is 11.3 Å². The largest absolute Gasteiger partial charge is 0.351 e. The summed E-state index contributed by atoms with van der Waals surface area (Å²) >= 11 is 0. The van der Waals surface area contributed by atoms with Crippen LogP contribution in [0.1, 0.15) is 0 Å². The molecule has 0 saturated heterocycles. The average molecular weight is 161 g/mol. The maximum absolute atomic E-state index is 10.9. The predicted molar refractivity (Wildman–Crippen MR) is 43.8 cm³/mol. The van der Waals surface area contributed by atoms with E-state index in [4.69, 9.17) is 5.73 Å². The number of fused-ring (bicyclic) bond motifs is 1. The van der Waals surface area contributed by atoms with Crippen molar-refractivity contribution in [2.75, 3.05) is 0 Å². The van der Waals surface area contributed by atoms with Crippen molar-refractivity contribution < 1.29 is 4.79 Å². The van der Waals surface area contributed by atoms with E-state index >= 15 is 0 Å². The zero-order valence-electron chi connectivity index (χ0n) is 6.27. The molecular weight excluding hydrogens is 154 g/mol. The van der Waals surface area contributed by atoms with Crippen molar-refractivity contribution >= 4 is 6.03 Å². The number of carbonyl (C=O) groups excluding carboxylic acids is 1. The number of aromatic nitrogens is 2. The summed E-state index contributed by atoms with van der Waals surface area (Å²) in [5.74, 6) is 0. The lowest BCUT2D eigenvalue weighted by Gasteiger charge is -2.05. The van der Waals surface area contributed by atoms with Gasteiger partial charge in [0.2, 0.25) is 0 Å². The summed E-state index contributed by atoms with van der Waals surface area (Å²) in [6.07, 6.45) is 4.92. The van der Waals surface area contributed by atoms with Gasteiger partial charge in [-0.3, -0.25) is 9.55 Å². The van der Waals surface area contributed by atoms with E-state index in [1.165, 1.54) is 4.57 Å². The van der Waals surface area contributed by atoms with Crippen molar-refractivity contribution in [1.29, 1.82) is 0 Å². The molecule has 0 bridgehead atoms. The van der Waals surface area contributed by atoms with Crippen LogP contribution in [0.2, 0.25) is 0 Å². The molecule has 60 valence electrons. The van der Waals surface area contributed by atoms with Gasteiger partial charge in [0.15, 0.2) is 0 Å². The minimum Gasteiger partial charge on any atom is -0.351 e. The first-order valence-corrected chi connectivity index (χ1v) is 3.50. The van der Waals surface area contributed by atoms with Crippen molar-refractivity contribution in [3.05, 3.63) is 30.7 Å². The number of pyridine rings is 1. The lowest BCUT2D eigenvalue weighted by atomic mass is 10.2. The number of primary amides is 1. The molecule has 0 saturated carbocycles. The highest BCUT2D eigenvalue weighted by atomic mass is 16.2. The van der Waals surface area contributed by atoms with Crippen LogP contribution in [0.25, 0.3) is 11.3 Å². The van der Waals surface area contributed by atoms with Crippen LogP contribution in [0.15, 0.2) is 30.7 Å². The minimum absolute atomic E-state index is 0.492. The summed E-state index contributed by atoms with van der Waals surface area (Å²) in [5.41, 5.74) is 6.79. The Hall–Kier alpha value is -1.84. The van der Waals surface area contributed by atoms with Crippen LogP contribution in [-0.2, 0) is 0 Å². The van der Waals surface area contributed by atoms with Crippen molar-refractivity contribution in [3.63, 3.8) is 0 Å². The second-order valence-corrected chi connectivity index (χ2v) is 2.46. The highest BCUT2D eigenvalue weighted by Crippen LogP contribution is 2.19. The summed E-state index contributed by atoms with van der Waals surface area (Å²) in [5, 5.41) is 0. The van der Waals surface area contributed by atoms with Gasteiger partial charge >= 0.3 is 6.03 Å². The molecular formula is C8H7N3O. The Morgan fingerprint density at radius 3 is 3.08 bits per heavy atom. The fraction of sp³-hybridized carbons (Fsp3) is 0. The summed E-state index contributed by atoms with van der Waals surface area (Å²) in [4.78, 5) is 14.8. The van der Waals surface area contributed by atoms with Crippen LogP contribution in [0.4, 0.5) is 4.79 Å². The van der Waals surface area contributed by atoms with Crippen molar-refractivity contribution in [1.82, 2.24) is 9.55 Å². The van der Waals surface area contributed by atoms with Gasteiger partial charge in [0, 0.05) is 18.0 Å². The molecule has 2 N–H and O–H groups in total. The Kier molecular flexibility index (Phi) is 1.33. The number of nitrogens with zero attached hydrogens (tertiary/aromatic N) is 2. The molecule has 4 nitrogen and oxygen atoms in total. The first-order valence-electron chi connectivity index (χ1n) is 3.50. The lowest BCUT2D eigenvalue weighted by Crippen LogP contribution is -2.20. The van der Waals surface area contributed by atoms with Crippen LogP contribution < -0.4 is 5.73 Å². The van der Waals surface area contributed by atoms with Gasteiger partial charge in [-0.15, -0.1) is 0 Å². The molecule has 2 rings (SSSR count). The zero-order valence-corrected chi connectivity index (χ0v) is 6.27. The predicted octanol–water partition coefficient (Wildman–Crippen LogP) is 0.915. The Morgan fingerprint density at radius 1 is 1.50 bits per heavy atom. The maximum atomic E-state index is 10.9. The minimum atomic E-state index is -0.492. The van der Waals surface area contributed by atoms with Crippen LogP contribution in [0.5, 0.6) is 0 Å². The quantitative estimate of drug-likeness (QED) is 0.624. The second-order valence-electron chi connectivity index (χ2n) is 2.46. The highest BCUT2D eigenvalue weighted by Gasteiger charge is 2.08. The van der Waals surface area contributed by atoms with Gasteiger partial charge in [0.1, 0.15) is 0 Å². The molecule has 0 aliphatic carbocycles. The zero-order chi connectivity index (χ0) is 8.55. The summed E-state index contributed by atoms with van der Waals surface area (Å²) in [7, 11) is 0. The molecule has 0 aromatic heterocycles. The molecule has 12 heavy (non-hydrogen) atoms. The summed E-state index contributed by atoms with van der Waals surface area (Å²) in [6.45, 7) is 0. The monoisotopic (exact) mass is 161 g/mol. The van der Waals surface area contributed by atoms with Gasteiger partial charge in [-0.05, 0) is 12.1 Å². The van der Waals surface area contributed by atoms with Gasteiger partial charge in [-0.1, -0.05) is 0 Å². The number of rotatable bonds is 0. The number of hydrogen-bond donors (Lipinski definition) is 1. The molecule has 0 atom stereocenters. The third-order valence-corrected chi connectivity index (χ3v) is 1.71. The Bertz CT molecular complexity index is 393. The third-order valence-electron chi connectivity index (χ3n) is 1.71. The molecule has 1 amide bonds. The fourth-order valence-electron chi connectivity index (χ4n) is 1.16. The van der Waals surface area contributed by atoms with Gasteiger partial charge in [0.05, 0.1) is 11.9 Å². The molecule has 0 radical (unpaired) electrons. The van der Waals surface area contributed by atoms with E-state index in [0.29, 0.717) is 0 Å². The maximum Gasteiger partial charge on any atom is 0.323 e. The summed E-state index contributed by atoms with van der Waals surface area (Å²) < 4.78 is 1.36. The van der Waals surface area contributed by atoms with E-state index in [0.717, 1.165) is 11.3 Å². The molecule has 0 aromatic rings. The van der Waals surface area contributed by atoms with Gasteiger partial charge in [-0.25, -0.2) is 4.79 Å². The van der Waals surface area contributed by atoms with E-state index in [2.05, 4.69) is 4.98 Å². The number of amides is 1. The topological polar surface area (TPSA) is 60.9 Å². The van der Waals surface area contributed by atoms with E-state index in [1.54, 1.807) is 24.7 Å². The standard InChI is InChI=1S/C8H7N3O/c9-8(12)11-3-1-2-6-4-10-5-7(6)11/h1-5H,(H2,9,12). The van der Waals surface area contributed by atoms with E-state index in [9.17, 15) is 4.79 Å². The smallest absolute Gasteiger partial charge is 0.323 e. The Labute approximate surface area is 69.0 Å². The fourth-order valence-corrected chi connectivity index (χ4v) is 1.16. The van der Waals surface area contributed by atoms with E-state index in [-0.39, 0.29) is 0 Å². The van der Waals surface area contributed by atoms with Gasteiger partial charge in [0.25, 0.3) is 0 Å². The van der Waals surface area contributed by atoms with Crippen molar-refractivity contribution in [2.24, 2.45) is 5.73 Å². The molecule has 2 heterocycles.